The van der Waals surface area contributed by atoms with Crippen molar-refractivity contribution in [2.24, 2.45) is 5.73 Å². The van der Waals surface area contributed by atoms with E-state index in [1.54, 1.807) is 6.20 Å². The number of aromatic nitrogens is 3. The van der Waals surface area contributed by atoms with Crippen molar-refractivity contribution in [1.82, 2.24) is 30.9 Å². The van der Waals surface area contributed by atoms with Gasteiger partial charge in [-0.1, -0.05) is 48.5 Å². The van der Waals surface area contributed by atoms with Crippen LogP contribution in [0.2, 0.25) is 0 Å². The lowest BCUT2D eigenvalue weighted by Crippen LogP contribution is -2.58. The van der Waals surface area contributed by atoms with Gasteiger partial charge in [-0.2, -0.15) is 12.6 Å². The van der Waals surface area contributed by atoms with Gasteiger partial charge in [0.05, 0.1) is 12.4 Å². The maximum atomic E-state index is 13.7. The molecule has 4 unspecified atom stereocenters. The second-order valence-corrected chi connectivity index (χ2v) is 10.2. The molecule has 4 rings (SSSR count). The Hall–Kier alpha value is -4.62. The average molecular weight is 592 g/mol. The Morgan fingerprint density at radius 2 is 1.48 bits per heavy atom. The van der Waals surface area contributed by atoms with Crippen molar-refractivity contribution in [3.05, 3.63) is 90.1 Å². The first kappa shape index (κ1) is 30.3. The second kappa shape index (κ2) is 14.3. The Morgan fingerprint density at radius 1 is 0.833 bits per heavy atom. The van der Waals surface area contributed by atoms with Crippen molar-refractivity contribution < 1.29 is 24.3 Å². The van der Waals surface area contributed by atoms with Crippen molar-refractivity contribution in [2.45, 2.75) is 43.4 Å². The van der Waals surface area contributed by atoms with Crippen LogP contribution in [0.1, 0.15) is 16.8 Å². The largest absolute Gasteiger partial charge is 0.480 e. The zero-order chi connectivity index (χ0) is 30.1. The summed E-state index contributed by atoms with van der Waals surface area (Å²) in [6.45, 7) is 0. The quantitative estimate of drug-likeness (QED) is 0.0989. The van der Waals surface area contributed by atoms with E-state index in [4.69, 9.17) is 5.73 Å². The molecule has 0 bridgehead atoms. The number of nitrogens with one attached hydrogen (secondary N) is 5. The number of benzene rings is 2. The van der Waals surface area contributed by atoms with Crippen LogP contribution in [0.3, 0.4) is 0 Å². The number of hydrogen-bond acceptors (Lipinski definition) is 7. The monoisotopic (exact) mass is 591 g/mol. The highest BCUT2D eigenvalue weighted by atomic mass is 32.1. The van der Waals surface area contributed by atoms with Gasteiger partial charge in [-0.3, -0.25) is 14.4 Å². The van der Waals surface area contributed by atoms with Crippen LogP contribution in [0.5, 0.6) is 0 Å². The molecular formula is C29H33N7O5S. The molecule has 13 heteroatoms. The molecule has 0 saturated carbocycles. The maximum Gasteiger partial charge on any atom is 0.326 e. The minimum absolute atomic E-state index is 0.0386. The van der Waals surface area contributed by atoms with Crippen molar-refractivity contribution in [3.8, 4) is 0 Å². The molecule has 0 aliphatic carbocycles. The summed E-state index contributed by atoms with van der Waals surface area (Å²) >= 11 is 4.07. The van der Waals surface area contributed by atoms with Gasteiger partial charge in [0.1, 0.15) is 18.1 Å². The Balaban J connectivity index is 1.60. The molecule has 4 atom stereocenters. The summed E-state index contributed by atoms with van der Waals surface area (Å²) in [4.78, 5) is 61.8. The number of amides is 3. The molecule has 12 nitrogen and oxygen atoms in total. The van der Waals surface area contributed by atoms with E-state index in [9.17, 15) is 24.3 Å². The molecule has 2 heterocycles. The van der Waals surface area contributed by atoms with E-state index in [0.29, 0.717) is 5.69 Å². The fourth-order valence-corrected chi connectivity index (χ4v) is 4.68. The van der Waals surface area contributed by atoms with Crippen LogP contribution in [-0.4, -0.2) is 73.7 Å². The van der Waals surface area contributed by atoms with E-state index in [2.05, 4.69) is 43.5 Å². The maximum absolute atomic E-state index is 13.7. The Labute approximate surface area is 247 Å². The molecular weight excluding hydrogens is 558 g/mol. The molecule has 0 aliphatic heterocycles. The van der Waals surface area contributed by atoms with E-state index in [1.165, 1.54) is 12.5 Å². The van der Waals surface area contributed by atoms with Crippen molar-refractivity contribution in [1.29, 1.82) is 0 Å². The molecule has 3 amide bonds. The topological polar surface area (TPSA) is 195 Å². The number of hydrogen-bond donors (Lipinski definition) is 8. The van der Waals surface area contributed by atoms with Gasteiger partial charge >= 0.3 is 5.97 Å². The molecule has 0 aliphatic rings. The van der Waals surface area contributed by atoms with Gasteiger partial charge in [0.2, 0.25) is 17.7 Å². The molecule has 2 aromatic carbocycles. The number of aliphatic carboxylic acids is 1. The number of carboxylic acid groups (broad SMARTS) is 1. The third kappa shape index (κ3) is 7.98. The van der Waals surface area contributed by atoms with Gasteiger partial charge in [0.15, 0.2) is 0 Å². The number of imidazole rings is 1. The molecule has 0 saturated heterocycles. The summed E-state index contributed by atoms with van der Waals surface area (Å²) in [6.07, 6.45) is 4.78. The van der Waals surface area contributed by atoms with E-state index < -0.39 is 47.9 Å². The number of rotatable bonds is 14. The standard InChI is InChI=1S/C29H33N7O5S/c30-21(15-42)26(37)34-23(10-17-6-2-1-3-7-17)27(38)35-24(11-18-13-32-22-9-5-4-8-20(18)22)28(39)36-25(29(40)41)12-19-14-31-16-33-19/h1-9,13-14,16,21,23-25,32,42H,10-12,15,30H2,(H,31,33)(H,34,37)(H,35,38)(H,36,39)(H,40,41). The first-order valence-corrected chi connectivity index (χ1v) is 13.9. The third-order valence-corrected chi connectivity index (χ3v) is 7.17. The summed E-state index contributed by atoms with van der Waals surface area (Å²) in [5, 5.41) is 18.6. The minimum atomic E-state index is -1.28. The van der Waals surface area contributed by atoms with Gasteiger partial charge in [-0.15, -0.1) is 0 Å². The van der Waals surface area contributed by atoms with Crippen LogP contribution in [0, 0.1) is 0 Å². The third-order valence-electron chi connectivity index (χ3n) is 6.77. The van der Waals surface area contributed by atoms with Crippen LogP contribution in [0.4, 0.5) is 0 Å². The second-order valence-electron chi connectivity index (χ2n) is 9.85. The number of nitrogens with two attached hydrogens (primary N) is 1. The van der Waals surface area contributed by atoms with Crippen LogP contribution < -0.4 is 21.7 Å². The molecule has 42 heavy (non-hydrogen) atoms. The zero-order valence-electron chi connectivity index (χ0n) is 22.6. The number of H-pyrrole nitrogens is 2. The summed E-state index contributed by atoms with van der Waals surface area (Å²) in [7, 11) is 0. The molecule has 0 radical (unpaired) electrons. The lowest BCUT2D eigenvalue weighted by Gasteiger charge is -2.25. The number of carboxylic acids is 1. The average Bonchev–Trinajstić information content (AvgIpc) is 3.66. The molecule has 2 aromatic heterocycles. The van der Waals surface area contributed by atoms with E-state index in [0.717, 1.165) is 22.0 Å². The number of nitrogens with zero attached hydrogens (tertiary/aromatic N) is 1. The van der Waals surface area contributed by atoms with Crippen molar-refractivity contribution >= 4 is 47.2 Å². The van der Waals surface area contributed by atoms with Gasteiger partial charge in [0, 0.05) is 54.0 Å². The fourth-order valence-electron chi connectivity index (χ4n) is 4.51. The van der Waals surface area contributed by atoms with E-state index >= 15 is 0 Å². The van der Waals surface area contributed by atoms with Crippen LogP contribution in [0.25, 0.3) is 10.9 Å². The summed E-state index contributed by atoms with van der Waals surface area (Å²) in [6, 6.07) is 12.1. The molecule has 4 aromatic rings. The highest BCUT2D eigenvalue weighted by Gasteiger charge is 2.31. The molecule has 0 fully saturated rings. The summed E-state index contributed by atoms with van der Waals surface area (Å²) in [5.41, 5.74) is 8.72. The molecule has 220 valence electrons. The van der Waals surface area contributed by atoms with E-state index in [-0.39, 0.29) is 25.0 Å². The fraction of sp³-hybridized carbons (Fsp3) is 0.276. The number of thiol groups is 1. The number of carbonyl (C=O) groups excluding carboxylic acids is 3. The lowest BCUT2D eigenvalue weighted by molar-refractivity contribution is -0.142. The van der Waals surface area contributed by atoms with Crippen LogP contribution in [-0.2, 0) is 38.4 Å². The first-order valence-electron chi connectivity index (χ1n) is 13.3. The Bertz CT molecular complexity index is 1510. The van der Waals surface area contributed by atoms with Gasteiger partial charge in [-0.25, -0.2) is 9.78 Å². The summed E-state index contributed by atoms with van der Waals surface area (Å²) < 4.78 is 0. The predicted octanol–water partition coefficient (Wildman–Crippen LogP) is 0.715. The number of aromatic amines is 2. The normalized spacial score (nSPS) is 14.0. The van der Waals surface area contributed by atoms with Crippen LogP contribution >= 0.6 is 12.6 Å². The number of para-hydroxylation sites is 1. The van der Waals surface area contributed by atoms with Crippen LogP contribution in [0.15, 0.2) is 73.3 Å². The van der Waals surface area contributed by atoms with Gasteiger partial charge in [0.25, 0.3) is 0 Å². The predicted molar refractivity (Wildman–Crippen MR) is 160 cm³/mol. The van der Waals surface area contributed by atoms with Crippen molar-refractivity contribution in [2.75, 3.05) is 5.75 Å². The Morgan fingerprint density at radius 3 is 2.14 bits per heavy atom. The molecule has 0 spiro atoms. The number of fused-ring (bicyclic) bond motifs is 1. The first-order chi connectivity index (χ1) is 20.2. The minimum Gasteiger partial charge on any atom is -0.480 e. The van der Waals surface area contributed by atoms with Crippen molar-refractivity contribution in [3.63, 3.8) is 0 Å². The number of carbonyl (C=O) groups is 4. The smallest absolute Gasteiger partial charge is 0.326 e. The summed E-state index contributed by atoms with van der Waals surface area (Å²) in [5.74, 6) is -3.06. The SMILES string of the molecule is NC(CS)C(=O)NC(Cc1ccccc1)C(=O)NC(Cc1c[nH]c2ccccc12)C(=O)NC(Cc1cnc[nH]1)C(=O)O. The lowest BCUT2D eigenvalue weighted by atomic mass is 10.0. The molecule has 8 N–H and O–H groups in total. The zero-order valence-corrected chi connectivity index (χ0v) is 23.5. The Kier molecular flexibility index (Phi) is 10.3. The van der Waals surface area contributed by atoms with E-state index in [1.807, 2.05) is 54.6 Å². The van der Waals surface area contributed by atoms with Gasteiger partial charge in [-0.05, 0) is 17.2 Å². The highest BCUT2D eigenvalue weighted by Crippen LogP contribution is 2.19. The highest BCUT2D eigenvalue weighted by molar-refractivity contribution is 7.80. The van der Waals surface area contributed by atoms with Gasteiger partial charge < -0.3 is 36.8 Å².